The highest BCUT2D eigenvalue weighted by Crippen LogP contribution is 2.11. The largest absolute Gasteiger partial charge is 0.480 e. The third-order valence-corrected chi connectivity index (χ3v) is 6.70. The molecule has 0 aromatic carbocycles. The van der Waals surface area contributed by atoms with Gasteiger partial charge in [0.25, 0.3) is 0 Å². The first-order valence-electron chi connectivity index (χ1n) is 14.8. The van der Waals surface area contributed by atoms with Crippen LogP contribution in [0.15, 0.2) is 0 Å². The fraction of sp³-hybridized carbons (Fsp3) is 0.821. The molecule has 0 radical (unpaired) electrons. The lowest BCUT2D eigenvalue weighted by molar-refractivity contribution is -0.143. The molecule has 0 bridgehead atoms. The Kier molecular flexibility index (Phi) is 18.8. The van der Waals surface area contributed by atoms with Gasteiger partial charge in [0, 0.05) is 0 Å². The molecule has 0 rings (SSSR count). The van der Waals surface area contributed by atoms with E-state index in [0.29, 0.717) is 45.2 Å². The predicted octanol–water partition coefficient (Wildman–Crippen LogP) is -0.0464. The number of nitrogens with one attached hydrogen (secondary N) is 4. The first kappa shape index (κ1) is 38.2. The van der Waals surface area contributed by atoms with Crippen LogP contribution >= 0.6 is 0 Å². The standard InChI is InChI=1S/C28H55N7O6/c1-16(2)15-21(28(40)41)33-26(38)22(17(3)4)35-27(39)23(18(5)6)34-25(37)20(12-8-10-14-30)32-24(36)19(31)11-7-9-13-29/h16-23H,7-15,29-31H2,1-6H3,(H,32,36)(H,33,38)(H,34,37)(H,35,39)(H,40,41). The van der Waals surface area contributed by atoms with Crippen LogP contribution in [0.3, 0.4) is 0 Å². The number of carboxylic acid groups (broad SMARTS) is 1. The lowest BCUT2D eigenvalue weighted by Gasteiger charge is -2.29. The van der Waals surface area contributed by atoms with Gasteiger partial charge in [-0.1, -0.05) is 48.0 Å². The second-order valence-electron chi connectivity index (χ2n) is 11.7. The minimum absolute atomic E-state index is 0.0304. The van der Waals surface area contributed by atoms with Crippen LogP contribution in [0.5, 0.6) is 0 Å². The minimum Gasteiger partial charge on any atom is -0.480 e. The van der Waals surface area contributed by atoms with Crippen molar-refractivity contribution in [3.8, 4) is 0 Å². The topological polar surface area (TPSA) is 232 Å². The molecule has 11 N–H and O–H groups in total. The van der Waals surface area contributed by atoms with Crippen molar-refractivity contribution in [1.82, 2.24) is 21.3 Å². The minimum atomic E-state index is -1.16. The van der Waals surface area contributed by atoms with Crippen molar-refractivity contribution in [3.05, 3.63) is 0 Å². The van der Waals surface area contributed by atoms with Crippen molar-refractivity contribution in [1.29, 1.82) is 0 Å². The molecule has 0 spiro atoms. The van der Waals surface area contributed by atoms with Crippen LogP contribution in [0.4, 0.5) is 0 Å². The van der Waals surface area contributed by atoms with Gasteiger partial charge in [-0.25, -0.2) is 4.79 Å². The Bertz CT molecular complexity index is 837. The Morgan fingerprint density at radius 3 is 1.49 bits per heavy atom. The van der Waals surface area contributed by atoms with E-state index in [2.05, 4.69) is 21.3 Å². The lowest BCUT2D eigenvalue weighted by Crippen LogP contribution is -2.60. The first-order valence-corrected chi connectivity index (χ1v) is 14.8. The number of nitrogens with two attached hydrogens (primary N) is 3. The van der Waals surface area contributed by atoms with E-state index < -0.39 is 59.8 Å². The Morgan fingerprint density at radius 1 is 0.610 bits per heavy atom. The van der Waals surface area contributed by atoms with E-state index in [1.54, 1.807) is 27.7 Å². The SMILES string of the molecule is CC(C)CC(NC(=O)C(NC(=O)C(NC(=O)C(CCCCN)NC(=O)C(N)CCCCN)C(C)C)C(C)C)C(=O)O. The number of unbranched alkanes of at least 4 members (excludes halogenated alkanes) is 2. The number of carbonyl (C=O) groups is 5. The van der Waals surface area contributed by atoms with E-state index in [-0.39, 0.29) is 24.2 Å². The molecule has 0 aliphatic heterocycles. The molecule has 5 unspecified atom stereocenters. The number of carboxylic acids is 1. The molecule has 0 heterocycles. The third kappa shape index (κ3) is 15.1. The number of aliphatic carboxylic acids is 1. The second kappa shape index (κ2) is 20.2. The van der Waals surface area contributed by atoms with E-state index >= 15 is 0 Å². The average Bonchev–Trinajstić information content (AvgIpc) is 2.88. The Labute approximate surface area is 244 Å². The van der Waals surface area contributed by atoms with E-state index in [0.717, 1.165) is 6.42 Å². The maximum atomic E-state index is 13.3. The van der Waals surface area contributed by atoms with Crippen LogP contribution < -0.4 is 38.5 Å². The van der Waals surface area contributed by atoms with Crippen molar-refractivity contribution >= 4 is 29.6 Å². The van der Waals surface area contributed by atoms with Crippen molar-refractivity contribution in [2.75, 3.05) is 13.1 Å². The monoisotopic (exact) mass is 585 g/mol. The van der Waals surface area contributed by atoms with Crippen LogP contribution in [-0.4, -0.2) is 78.0 Å². The molecule has 0 aliphatic rings. The summed E-state index contributed by atoms with van der Waals surface area (Å²) in [6.45, 7) is 11.6. The molecule has 238 valence electrons. The quantitative estimate of drug-likeness (QED) is 0.0843. The molecule has 13 nitrogen and oxygen atoms in total. The number of hydrogen-bond donors (Lipinski definition) is 8. The zero-order valence-corrected chi connectivity index (χ0v) is 25.7. The molecule has 41 heavy (non-hydrogen) atoms. The molecule has 0 aliphatic carbocycles. The van der Waals surface area contributed by atoms with E-state index in [9.17, 15) is 29.1 Å². The van der Waals surface area contributed by atoms with Gasteiger partial charge in [-0.2, -0.15) is 0 Å². The van der Waals surface area contributed by atoms with Gasteiger partial charge in [0.2, 0.25) is 23.6 Å². The van der Waals surface area contributed by atoms with Gasteiger partial charge in [0.1, 0.15) is 24.2 Å². The number of amides is 4. The summed E-state index contributed by atoms with van der Waals surface area (Å²) in [4.78, 5) is 64.0. The van der Waals surface area contributed by atoms with Crippen LogP contribution in [0, 0.1) is 17.8 Å². The van der Waals surface area contributed by atoms with Crippen LogP contribution in [0.1, 0.15) is 86.5 Å². The average molecular weight is 586 g/mol. The highest BCUT2D eigenvalue weighted by atomic mass is 16.4. The van der Waals surface area contributed by atoms with Gasteiger partial charge in [-0.3, -0.25) is 19.2 Å². The van der Waals surface area contributed by atoms with Crippen LogP contribution in [-0.2, 0) is 24.0 Å². The smallest absolute Gasteiger partial charge is 0.326 e. The van der Waals surface area contributed by atoms with Crippen molar-refractivity contribution in [3.63, 3.8) is 0 Å². The van der Waals surface area contributed by atoms with Crippen LogP contribution in [0.25, 0.3) is 0 Å². The Morgan fingerprint density at radius 2 is 1.05 bits per heavy atom. The molecule has 0 aromatic rings. The highest BCUT2D eigenvalue weighted by Gasteiger charge is 2.34. The molecule has 0 fully saturated rings. The maximum Gasteiger partial charge on any atom is 0.326 e. The van der Waals surface area contributed by atoms with Crippen molar-refractivity contribution in [2.45, 2.75) is 117 Å². The van der Waals surface area contributed by atoms with E-state index in [1.165, 1.54) is 0 Å². The highest BCUT2D eigenvalue weighted by molar-refractivity contribution is 5.95. The normalized spacial score (nSPS) is 15.1. The van der Waals surface area contributed by atoms with Gasteiger partial charge in [0.15, 0.2) is 0 Å². The van der Waals surface area contributed by atoms with Crippen LogP contribution in [0.2, 0.25) is 0 Å². The van der Waals surface area contributed by atoms with Gasteiger partial charge < -0.3 is 43.6 Å². The molecule has 0 aromatic heterocycles. The third-order valence-electron chi connectivity index (χ3n) is 6.70. The Balaban J connectivity index is 5.65. The summed E-state index contributed by atoms with van der Waals surface area (Å²) >= 11 is 0. The molecular weight excluding hydrogens is 530 g/mol. The predicted molar refractivity (Wildman–Crippen MR) is 158 cm³/mol. The molecule has 0 saturated heterocycles. The number of hydrogen-bond acceptors (Lipinski definition) is 8. The molecule has 13 heteroatoms. The summed E-state index contributed by atoms with van der Waals surface area (Å²) < 4.78 is 0. The van der Waals surface area contributed by atoms with Gasteiger partial charge in [-0.05, 0) is 69.4 Å². The van der Waals surface area contributed by atoms with E-state index in [4.69, 9.17) is 17.2 Å². The zero-order valence-electron chi connectivity index (χ0n) is 25.7. The molecule has 4 amide bonds. The Hall–Kier alpha value is -2.77. The first-order chi connectivity index (χ1) is 19.2. The molecule has 0 saturated carbocycles. The summed E-state index contributed by atoms with van der Waals surface area (Å²) in [7, 11) is 0. The lowest BCUT2D eigenvalue weighted by atomic mass is 9.98. The summed E-state index contributed by atoms with van der Waals surface area (Å²) in [5.41, 5.74) is 17.1. The maximum absolute atomic E-state index is 13.3. The summed E-state index contributed by atoms with van der Waals surface area (Å²) in [5.74, 6) is -4.08. The molecule has 5 atom stereocenters. The second-order valence-corrected chi connectivity index (χ2v) is 11.7. The summed E-state index contributed by atoms with van der Waals surface area (Å²) in [6, 6.07) is -4.87. The van der Waals surface area contributed by atoms with Gasteiger partial charge >= 0.3 is 5.97 Å². The zero-order chi connectivity index (χ0) is 31.7. The summed E-state index contributed by atoms with van der Waals surface area (Å²) in [6.07, 6.45) is 3.60. The van der Waals surface area contributed by atoms with Crippen molar-refractivity contribution in [2.24, 2.45) is 35.0 Å². The number of carbonyl (C=O) groups excluding carboxylic acids is 4. The van der Waals surface area contributed by atoms with Gasteiger partial charge in [-0.15, -0.1) is 0 Å². The van der Waals surface area contributed by atoms with Crippen molar-refractivity contribution < 1.29 is 29.1 Å². The van der Waals surface area contributed by atoms with E-state index in [1.807, 2.05) is 13.8 Å². The summed E-state index contributed by atoms with van der Waals surface area (Å²) in [5, 5.41) is 20.2. The fourth-order valence-corrected chi connectivity index (χ4v) is 4.20. The number of rotatable bonds is 21. The fourth-order valence-electron chi connectivity index (χ4n) is 4.20. The van der Waals surface area contributed by atoms with Gasteiger partial charge in [0.05, 0.1) is 6.04 Å². The molecular formula is C28H55N7O6.